The molecule has 4 aromatic rings. The van der Waals surface area contributed by atoms with Gasteiger partial charge in [0.2, 0.25) is 5.91 Å². The number of hydrogen-bond acceptors (Lipinski definition) is 12. The van der Waals surface area contributed by atoms with Gasteiger partial charge in [0.15, 0.2) is 22.2 Å². The highest BCUT2D eigenvalue weighted by Gasteiger charge is 2.49. The van der Waals surface area contributed by atoms with Crippen molar-refractivity contribution in [2.45, 2.75) is 37.1 Å². The van der Waals surface area contributed by atoms with Crippen molar-refractivity contribution in [2.75, 3.05) is 50.7 Å². The molecule has 3 aromatic carbocycles. The molecule has 4 atom stereocenters. The Balaban J connectivity index is 1.37. The van der Waals surface area contributed by atoms with Gasteiger partial charge in [0.1, 0.15) is 35.1 Å². The zero-order valence-corrected chi connectivity index (χ0v) is 30.9. The van der Waals surface area contributed by atoms with Gasteiger partial charge in [-0.15, -0.1) is 0 Å². The highest BCUT2D eigenvalue weighted by Crippen LogP contribution is 2.43. The Bertz CT molecular complexity index is 2020. The average molecular weight is 765 g/mol. The molecule has 0 saturated carbocycles. The van der Waals surface area contributed by atoms with E-state index in [2.05, 4.69) is 10.3 Å². The second-order valence-electron chi connectivity index (χ2n) is 12.5. The largest absolute Gasteiger partial charge is 0.497 e. The van der Waals surface area contributed by atoms with E-state index < -0.39 is 51.6 Å². The van der Waals surface area contributed by atoms with Crippen LogP contribution in [0, 0.1) is 0 Å². The Hall–Kier alpha value is -4.87. The first-order valence-corrected chi connectivity index (χ1v) is 19.0. The minimum atomic E-state index is -3.21. The number of nitrogens with zero attached hydrogens (tertiary/aromatic N) is 3. The Morgan fingerprint density at radius 1 is 0.943 bits per heavy atom. The highest BCUT2D eigenvalue weighted by atomic mass is 32.2. The Morgan fingerprint density at radius 2 is 1.51 bits per heavy atom. The van der Waals surface area contributed by atoms with Crippen LogP contribution >= 0.6 is 12.2 Å². The second-order valence-corrected chi connectivity index (χ2v) is 15.2. The SMILES string of the molecule is COc1ccc(C(OC[C@H]2O[C@@H](n3ccc(NC(C)=O)nc3=O)[C@H](OC(=S)N3CCS(=O)(=O)CC3)[C@@H]2O)(c2ccccc2)c2ccc(OC)cc2)cc1. The topological polar surface area (TPSA) is 168 Å². The molecule has 2 saturated heterocycles. The van der Waals surface area contributed by atoms with E-state index in [1.54, 1.807) is 19.1 Å². The monoisotopic (exact) mass is 764 g/mol. The van der Waals surface area contributed by atoms with Gasteiger partial charge in [-0.25, -0.2) is 13.2 Å². The lowest BCUT2D eigenvalue weighted by molar-refractivity contribution is -0.114. The van der Waals surface area contributed by atoms with Gasteiger partial charge in [-0.3, -0.25) is 9.36 Å². The number of benzene rings is 3. The van der Waals surface area contributed by atoms with Gasteiger partial charge in [-0.1, -0.05) is 54.6 Å². The third-order valence-electron chi connectivity index (χ3n) is 9.20. The molecule has 3 heterocycles. The fourth-order valence-electron chi connectivity index (χ4n) is 6.43. The molecule has 16 heteroatoms. The van der Waals surface area contributed by atoms with Crippen molar-refractivity contribution in [1.82, 2.24) is 14.5 Å². The lowest BCUT2D eigenvalue weighted by atomic mass is 9.80. The Morgan fingerprint density at radius 3 is 2.04 bits per heavy atom. The van der Waals surface area contributed by atoms with E-state index in [9.17, 15) is 23.1 Å². The van der Waals surface area contributed by atoms with Crippen LogP contribution in [-0.2, 0) is 34.4 Å². The zero-order chi connectivity index (χ0) is 37.8. The molecular weight excluding hydrogens is 725 g/mol. The summed E-state index contributed by atoms with van der Waals surface area (Å²) in [7, 11) is -0.0443. The quantitative estimate of drug-likeness (QED) is 0.169. The Labute approximate surface area is 312 Å². The van der Waals surface area contributed by atoms with Crippen LogP contribution in [0.5, 0.6) is 11.5 Å². The first-order chi connectivity index (χ1) is 25.4. The normalized spacial score (nSPS) is 21.1. The van der Waals surface area contributed by atoms with E-state index in [1.165, 1.54) is 19.2 Å². The number of thiocarbonyl (C=S) groups is 1. The fraction of sp³-hybridized carbons (Fsp3) is 0.351. The molecular formula is C37H40N4O10S2. The summed E-state index contributed by atoms with van der Waals surface area (Å²) in [6.45, 7) is 1.31. The summed E-state index contributed by atoms with van der Waals surface area (Å²) < 4.78 is 55.7. The van der Waals surface area contributed by atoms with Gasteiger partial charge in [0.05, 0.1) is 32.3 Å². The van der Waals surface area contributed by atoms with Gasteiger partial charge in [0, 0.05) is 26.2 Å². The molecule has 1 aromatic heterocycles. The van der Waals surface area contributed by atoms with Crippen LogP contribution in [0.2, 0.25) is 0 Å². The van der Waals surface area contributed by atoms with Crippen LogP contribution in [-0.4, -0.2) is 103 Å². The van der Waals surface area contributed by atoms with Crippen LogP contribution in [0.15, 0.2) is 95.9 Å². The molecule has 0 spiro atoms. The molecule has 2 aliphatic rings. The third-order valence-corrected chi connectivity index (χ3v) is 11.2. The molecule has 0 radical (unpaired) electrons. The summed E-state index contributed by atoms with van der Waals surface area (Å²) in [5, 5.41) is 14.3. The molecule has 280 valence electrons. The maximum absolute atomic E-state index is 13.3. The summed E-state index contributed by atoms with van der Waals surface area (Å²) in [4.78, 5) is 30.5. The minimum absolute atomic E-state index is 0.0336. The van der Waals surface area contributed by atoms with Gasteiger partial charge in [-0.05, 0) is 59.2 Å². The summed E-state index contributed by atoms with van der Waals surface area (Å²) in [6.07, 6.45) is -3.58. The lowest BCUT2D eigenvalue weighted by Gasteiger charge is -2.37. The van der Waals surface area contributed by atoms with Gasteiger partial charge in [0.25, 0.3) is 5.17 Å². The average Bonchev–Trinajstić information content (AvgIpc) is 3.46. The smallest absolute Gasteiger partial charge is 0.351 e. The number of sulfone groups is 1. The van der Waals surface area contributed by atoms with Crippen LogP contribution in [0.3, 0.4) is 0 Å². The summed E-state index contributed by atoms with van der Waals surface area (Å²) >= 11 is 5.58. The molecule has 2 aliphatic heterocycles. The van der Waals surface area contributed by atoms with E-state index in [0.717, 1.165) is 21.3 Å². The Kier molecular flexibility index (Phi) is 11.4. The predicted octanol–water partition coefficient (Wildman–Crippen LogP) is 2.89. The minimum Gasteiger partial charge on any atom is -0.497 e. The van der Waals surface area contributed by atoms with Crippen LogP contribution in [0.25, 0.3) is 0 Å². The number of amides is 1. The van der Waals surface area contributed by atoms with Crippen molar-refractivity contribution >= 4 is 39.0 Å². The van der Waals surface area contributed by atoms with Crippen molar-refractivity contribution in [1.29, 1.82) is 0 Å². The number of carbonyl (C=O) groups excluding carboxylic acids is 1. The number of aliphatic hydroxyl groups excluding tert-OH is 1. The lowest BCUT2D eigenvalue weighted by Crippen LogP contribution is -2.47. The number of hydrogen-bond donors (Lipinski definition) is 2. The molecule has 0 bridgehead atoms. The number of carbonyl (C=O) groups is 1. The molecule has 6 rings (SSSR count). The number of rotatable bonds is 11. The number of aromatic nitrogens is 2. The number of methoxy groups -OCH3 is 2. The van der Waals surface area contributed by atoms with E-state index in [-0.39, 0.29) is 42.2 Å². The number of ether oxygens (including phenoxy) is 5. The van der Waals surface area contributed by atoms with Crippen LogP contribution in [0.1, 0.15) is 29.8 Å². The first-order valence-electron chi connectivity index (χ1n) is 16.8. The highest BCUT2D eigenvalue weighted by molar-refractivity contribution is 7.91. The van der Waals surface area contributed by atoms with Crippen molar-refractivity contribution in [2.24, 2.45) is 0 Å². The third kappa shape index (κ3) is 8.21. The van der Waals surface area contributed by atoms with Crippen molar-refractivity contribution in [3.05, 3.63) is 118 Å². The van der Waals surface area contributed by atoms with E-state index in [0.29, 0.717) is 11.5 Å². The number of nitrogens with one attached hydrogen (secondary N) is 1. The van der Waals surface area contributed by atoms with E-state index in [1.807, 2.05) is 78.9 Å². The fourth-order valence-corrected chi connectivity index (χ4v) is 7.93. The number of anilines is 1. The second kappa shape index (κ2) is 16.0. The van der Waals surface area contributed by atoms with Crippen molar-refractivity contribution in [3.8, 4) is 11.5 Å². The molecule has 53 heavy (non-hydrogen) atoms. The van der Waals surface area contributed by atoms with Crippen molar-refractivity contribution < 1.29 is 42.0 Å². The van der Waals surface area contributed by atoms with Crippen molar-refractivity contribution in [3.63, 3.8) is 0 Å². The predicted molar refractivity (Wildman–Crippen MR) is 199 cm³/mol. The maximum Gasteiger partial charge on any atom is 0.351 e. The maximum atomic E-state index is 13.3. The summed E-state index contributed by atoms with van der Waals surface area (Å²) in [6, 6.07) is 25.9. The zero-order valence-electron chi connectivity index (χ0n) is 29.3. The first kappa shape index (κ1) is 37.9. The summed E-state index contributed by atoms with van der Waals surface area (Å²) in [5.74, 6) is 0.706. The van der Waals surface area contributed by atoms with Crippen LogP contribution in [0.4, 0.5) is 5.82 Å². The van der Waals surface area contributed by atoms with Gasteiger partial charge < -0.3 is 39.0 Å². The van der Waals surface area contributed by atoms with E-state index >= 15 is 0 Å². The molecule has 0 unspecified atom stereocenters. The summed E-state index contributed by atoms with van der Waals surface area (Å²) in [5.41, 5.74) is 0.254. The van der Waals surface area contributed by atoms with Crippen LogP contribution < -0.4 is 20.5 Å². The number of aliphatic hydroxyl groups is 1. The molecule has 2 N–H and O–H groups in total. The molecule has 0 aliphatic carbocycles. The van der Waals surface area contributed by atoms with Gasteiger partial charge >= 0.3 is 5.69 Å². The molecule has 2 fully saturated rings. The van der Waals surface area contributed by atoms with Gasteiger partial charge in [-0.2, -0.15) is 4.98 Å². The molecule has 1 amide bonds. The standard InChI is InChI=1S/C37H40N4O10S2/c1-24(42)38-31-17-18-41(35(44)39-31)34-33(51-36(52)40-19-21-53(45,46)22-20-40)32(43)30(50-34)23-49-37(25-7-5-4-6-8-25,26-9-13-28(47-2)14-10-26)27-11-15-29(48-3)16-12-27/h4-18,30,32-34,43H,19-23H2,1-3H3,(H,38,39,42,44)/t30-,32-,33-,34-/m1/s1. The molecule has 14 nitrogen and oxygen atoms in total. The van der Waals surface area contributed by atoms with E-state index in [4.69, 9.17) is 35.9 Å².